The first-order chi connectivity index (χ1) is 8.32. The highest BCUT2D eigenvalue weighted by Crippen LogP contribution is 2.30. The van der Waals surface area contributed by atoms with Crippen LogP contribution in [0.15, 0.2) is 23.1 Å². The second-order valence-corrected chi connectivity index (χ2v) is 6.66. The Balaban J connectivity index is 3.22. The molecule has 1 aromatic rings. The lowest BCUT2D eigenvalue weighted by Gasteiger charge is -2.25. The van der Waals surface area contributed by atoms with E-state index in [1.807, 2.05) is 13.8 Å². The maximum absolute atomic E-state index is 12.5. The summed E-state index contributed by atoms with van der Waals surface area (Å²) in [5, 5.41) is 0.158. The largest absolute Gasteiger partial charge is 0.398 e. The highest BCUT2D eigenvalue weighted by Gasteiger charge is 2.28. The van der Waals surface area contributed by atoms with Crippen LogP contribution in [0.1, 0.15) is 26.7 Å². The number of halogens is 1. The number of benzene rings is 1. The summed E-state index contributed by atoms with van der Waals surface area (Å²) in [6.45, 7) is 3.88. The van der Waals surface area contributed by atoms with Crippen molar-refractivity contribution in [3.63, 3.8) is 0 Å². The highest BCUT2D eigenvalue weighted by atomic mass is 35.5. The monoisotopic (exact) mass is 290 g/mol. The van der Waals surface area contributed by atoms with Gasteiger partial charge in [0.15, 0.2) is 0 Å². The molecule has 0 aliphatic rings. The topological polar surface area (TPSA) is 63.4 Å². The number of nitrogens with two attached hydrogens (primary N) is 1. The van der Waals surface area contributed by atoms with E-state index in [0.717, 1.165) is 12.8 Å². The fourth-order valence-corrected chi connectivity index (χ4v) is 3.80. The average molecular weight is 291 g/mol. The van der Waals surface area contributed by atoms with Crippen LogP contribution in [0.3, 0.4) is 0 Å². The molecule has 102 valence electrons. The summed E-state index contributed by atoms with van der Waals surface area (Å²) in [5.74, 6) is 0. The molecular weight excluding hydrogens is 272 g/mol. The van der Waals surface area contributed by atoms with E-state index in [4.69, 9.17) is 17.3 Å². The zero-order valence-electron chi connectivity index (χ0n) is 10.9. The molecule has 0 saturated heterocycles. The van der Waals surface area contributed by atoms with Gasteiger partial charge in [-0.25, -0.2) is 8.42 Å². The quantitative estimate of drug-likeness (QED) is 0.848. The van der Waals surface area contributed by atoms with Crippen molar-refractivity contribution in [2.45, 2.75) is 37.6 Å². The van der Waals surface area contributed by atoms with E-state index < -0.39 is 10.0 Å². The van der Waals surface area contributed by atoms with Gasteiger partial charge in [-0.15, -0.1) is 0 Å². The van der Waals surface area contributed by atoms with Crippen molar-refractivity contribution in [1.82, 2.24) is 4.31 Å². The number of nitrogen functional groups attached to an aromatic ring is 1. The van der Waals surface area contributed by atoms with Crippen LogP contribution >= 0.6 is 11.6 Å². The normalized spacial score (nSPS) is 13.8. The van der Waals surface area contributed by atoms with E-state index in [1.165, 1.54) is 16.4 Å². The predicted octanol–water partition coefficient (Wildman–Crippen LogP) is 2.73. The van der Waals surface area contributed by atoms with Crippen LogP contribution in [0.5, 0.6) is 0 Å². The molecule has 6 heteroatoms. The molecule has 4 nitrogen and oxygen atoms in total. The Morgan fingerprint density at radius 1 is 1.44 bits per heavy atom. The summed E-state index contributed by atoms with van der Waals surface area (Å²) in [5.41, 5.74) is 5.91. The molecular formula is C12H19ClN2O2S. The molecule has 1 atom stereocenters. The zero-order valence-corrected chi connectivity index (χ0v) is 12.4. The van der Waals surface area contributed by atoms with Crippen molar-refractivity contribution >= 4 is 27.3 Å². The number of hydrogen-bond donors (Lipinski definition) is 1. The van der Waals surface area contributed by atoms with E-state index in [-0.39, 0.29) is 21.6 Å². The molecule has 0 heterocycles. The fraction of sp³-hybridized carbons (Fsp3) is 0.500. The van der Waals surface area contributed by atoms with Crippen LogP contribution in [0.2, 0.25) is 5.02 Å². The van der Waals surface area contributed by atoms with Gasteiger partial charge in [0.2, 0.25) is 10.0 Å². The van der Waals surface area contributed by atoms with Crippen LogP contribution in [-0.2, 0) is 10.0 Å². The summed E-state index contributed by atoms with van der Waals surface area (Å²) in [7, 11) is -2.09. The Morgan fingerprint density at radius 3 is 2.56 bits per heavy atom. The van der Waals surface area contributed by atoms with E-state index >= 15 is 0 Å². The third-order valence-corrected chi connectivity index (χ3v) is 5.48. The third-order valence-electron chi connectivity index (χ3n) is 2.96. The van der Waals surface area contributed by atoms with Crippen molar-refractivity contribution in [2.24, 2.45) is 0 Å². The molecule has 0 aliphatic carbocycles. The summed E-state index contributed by atoms with van der Waals surface area (Å²) in [4.78, 5) is -0.00267. The SMILES string of the molecule is CCCC(C)N(C)S(=O)(=O)c1c(N)cccc1Cl. The fourth-order valence-electron chi connectivity index (χ4n) is 1.78. The summed E-state index contributed by atoms with van der Waals surface area (Å²) in [6, 6.07) is 4.61. The van der Waals surface area contributed by atoms with Gasteiger partial charge in [0.25, 0.3) is 0 Å². The first-order valence-electron chi connectivity index (χ1n) is 5.84. The zero-order chi connectivity index (χ0) is 13.9. The molecule has 0 saturated carbocycles. The van der Waals surface area contributed by atoms with Crippen LogP contribution in [-0.4, -0.2) is 25.8 Å². The first-order valence-corrected chi connectivity index (χ1v) is 7.66. The summed E-state index contributed by atoms with van der Waals surface area (Å²) < 4.78 is 26.2. The first kappa shape index (κ1) is 15.3. The van der Waals surface area contributed by atoms with Gasteiger partial charge in [-0.3, -0.25) is 0 Å². The van der Waals surface area contributed by atoms with Gasteiger partial charge in [-0.1, -0.05) is 31.0 Å². The van der Waals surface area contributed by atoms with Crippen molar-refractivity contribution < 1.29 is 8.42 Å². The number of nitrogens with zero attached hydrogens (tertiary/aromatic N) is 1. The van der Waals surface area contributed by atoms with Crippen molar-refractivity contribution in [3.8, 4) is 0 Å². The smallest absolute Gasteiger partial charge is 0.246 e. The van der Waals surface area contributed by atoms with Gasteiger partial charge in [0.1, 0.15) is 4.90 Å². The highest BCUT2D eigenvalue weighted by molar-refractivity contribution is 7.89. The van der Waals surface area contributed by atoms with Crippen molar-refractivity contribution in [3.05, 3.63) is 23.2 Å². The lowest BCUT2D eigenvalue weighted by molar-refractivity contribution is 0.369. The Bertz CT molecular complexity index is 497. The standard InChI is InChI=1S/C12H19ClN2O2S/c1-4-6-9(2)15(3)18(16,17)12-10(13)7-5-8-11(12)14/h5,7-9H,4,6,14H2,1-3H3. The van der Waals surface area contributed by atoms with Crippen LogP contribution < -0.4 is 5.73 Å². The van der Waals surface area contributed by atoms with Gasteiger partial charge in [0, 0.05) is 13.1 Å². The maximum Gasteiger partial charge on any atom is 0.246 e. The number of rotatable bonds is 5. The number of sulfonamides is 1. The summed E-state index contributed by atoms with van der Waals surface area (Å²) >= 11 is 5.95. The molecule has 2 N–H and O–H groups in total. The van der Waals surface area contributed by atoms with Crippen LogP contribution in [0.25, 0.3) is 0 Å². The van der Waals surface area contributed by atoms with Gasteiger partial charge in [-0.05, 0) is 25.5 Å². The lowest BCUT2D eigenvalue weighted by Crippen LogP contribution is -2.35. The molecule has 0 aliphatic heterocycles. The predicted molar refractivity (Wildman–Crippen MR) is 75.2 cm³/mol. The van der Waals surface area contributed by atoms with E-state index in [1.54, 1.807) is 13.1 Å². The average Bonchev–Trinajstić information content (AvgIpc) is 2.27. The van der Waals surface area contributed by atoms with Gasteiger partial charge in [0.05, 0.1) is 10.7 Å². The molecule has 18 heavy (non-hydrogen) atoms. The molecule has 0 aromatic heterocycles. The Morgan fingerprint density at radius 2 is 2.06 bits per heavy atom. The Kier molecular flexibility index (Phi) is 5.01. The third kappa shape index (κ3) is 2.96. The minimum absolute atomic E-state index is 0.00267. The van der Waals surface area contributed by atoms with E-state index in [0.29, 0.717) is 0 Å². The molecule has 1 rings (SSSR count). The van der Waals surface area contributed by atoms with Crippen molar-refractivity contribution in [1.29, 1.82) is 0 Å². The lowest BCUT2D eigenvalue weighted by atomic mass is 10.2. The second-order valence-electron chi connectivity index (χ2n) is 4.32. The molecule has 1 unspecified atom stereocenters. The molecule has 0 amide bonds. The molecule has 0 bridgehead atoms. The molecule has 0 spiro atoms. The van der Waals surface area contributed by atoms with E-state index in [9.17, 15) is 8.42 Å². The number of anilines is 1. The van der Waals surface area contributed by atoms with Gasteiger partial charge >= 0.3 is 0 Å². The van der Waals surface area contributed by atoms with Gasteiger partial charge in [-0.2, -0.15) is 4.31 Å². The van der Waals surface area contributed by atoms with Crippen LogP contribution in [0.4, 0.5) is 5.69 Å². The number of hydrogen-bond acceptors (Lipinski definition) is 3. The maximum atomic E-state index is 12.5. The Labute approximate surface area is 114 Å². The molecule has 0 fully saturated rings. The minimum atomic E-state index is -3.65. The summed E-state index contributed by atoms with van der Waals surface area (Å²) in [6.07, 6.45) is 1.71. The molecule has 0 radical (unpaired) electrons. The van der Waals surface area contributed by atoms with Crippen molar-refractivity contribution in [2.75, 3.05) is 12.8 Å². The Hall–Kier alpha value is -0.780. The minimum Gasteiger partial charge on any atom is -0.398 e. The van der Waals surface area contributed by atoms with Crippen LogP contribution in [0, 0.1) is 0 Å². The second kappa shape index (κ2) is 5.91. The van der Waals surface area contributed by atoms with E-state index in [2.05, 4.69) is 0 Å². The molecule has 1 aromatic carbocycles. The van der Waals surface area contributed by atoms with Gasteiger partial charge < -0.3 is 5.73 Å².